The molecule has 0 aliphatic rings. The van der Waals surface area contributed by atoms with Crippen LogP contribution in [0.4, 0.5) is 0 Å². The Kier molecular flexibility index (Phi) is 4.21. The standard InChI is InChI=1S/C12H12ClNO2/c1-3-4-8(2)14-12(16)10-6-5-9(13)7-11(10)15/h1,5-8,15H,4H2,2H3,(H,14,16). The van der Waals surface area contributed by atoms with Gasteiger partial charge < -0.3 is 10.4 Å². The molecule has 3 nitrogen and oxygen atoms in total. The van der Waals surface area contributed by atoms with Crippen LogP contribution >= 0.6 is 11.6 Å². The number of carbonyl (C=O) groups excluding carboxylic acids is 1. The van der Waals surface area contributed by atoms with Crippen LogP contribution in [0.25, 0.3) is 0 Å². The Morgan fingerprint density at radius 1 is 1.69 bits per heavy atom. The number of hydrogen-bond acceptors (Lipinski definition) is 2. The maximum Gasteiger partial charge on any atom is 0.255 e. The van der Waals surface area contributed by atoms with Crippen molar-refractivity contribution in [2.24, 2.45) is 0 Å². The lowest BCUT2D eigenvalue weighted by molar-refractivity contribution is 0.0938. The van der Waals surface area contributed by atoms with Gasteiger partial charge in [0.05, 0.1) is 5.56 Å². The number of terminal acetylenes is 1. The number of aromatic hydroxyl groups is 1. The lowest BCUT2D eigenvalue weighted by atomic mass is 10.1. The molecule has 4 heteroatoms. The van der Waals surface area contributed by atoms with E-state index < -0.39 is 0 Å². The van der Waals surface area contributed by atoms with E-state index in [0.717, 1.165) is 0 Å². The van der Waals surface area contributed by atoms with Gasteiger partial charge in [-0.1, -0.05) is 11.6 Å². The Balaban J connectivity index is 2.78. The number of carbonyl (C=O) groups is 1. The van der Waals surface area contributed by atoms with Crippen molar-refractivity contribution in [2.75, 3.05) is 0 Å². The molecular weight excluding hydrogens is 226 g/mol. The normalized spacial score (nSPS) is 11.6. The molecule has 84 valence electrons. The van der Waals surface area contributed by atoms with Gasteiger partial charge in [-0.05, 0) is 25.1 Å². The lowest BCUT2D eigenvalue weighted by Gasteiger charge is -2.11. The number of rotatable bonds is 3. The van der Waals surface area contributed by atoms with Crippen LogP contribution < -0.4 is 5.32 Å². The quantitative estimate of drug-likeness (QED) is 0.792. The third-order valence-electron chi connectivity index (χ3n) is 2.01. The first-order valence-corrected chi connectivity index (χ1v) is 5.15. The smallest absolute Gasteiger partial charge is 0.255 e. The largest absolute Gasteiger partial charge is 0.507 e. The van der Waals surface area contributed by atoms with Crippen LogP contribution in [0, 0.1) is 12.3 Å². The van der Waals surface area contributed by atoms with Gasteiger partial charge in [-0.25, -0.2) is 0 Å². The minimum absolute atomic E-state index is 0.132. The number of amides is 1. The third kappa shape index (κ3) is 3.18. The molecule has 0 aromatic heterocycles. The minimum atomic E-state index is -0.364. The highest BCUT2D eigenvalue weighted by Crippen LogP contribution is 2.21. The number of phenolic OH excluding ortho intramolecular Hbond substituents is 1. The highest BCUT2D eigenvalue weighted by Gasteiger charge is 2.13. The summed E-state index contributed by atoms with van der Waals surface area (Å²) in [6.45, 7) is 1.80. The summed E-state index contributed by atoms with van der Waals surface area (Å²) in [5.41, 5.74) is 0.188. The van der Waals surface area contributed by atoms with Gasteiger partial charge in [0, 0.05) is 17.5 Å². The average molecular weight is 238 g/mol. The zero-order valence-electron chi connectivity index (χ0n) is 8.83. The molecule has 0 fully saturated rings. The van der Waals surface area contributed by atoms with Crippen molar-refractivity contribution >= 4 is 17.5 Å². The molecule has 0 radical (unpaired) electrons. The fraction of sp³-hybridized carbons (Fsp3) is 0.250. The molecule has 0 saturated carbocycles. The zero-order valence-corrected chi connectivity index (χ0v) is 9.58. The molecule has 1 unspecified atom stereocenters. The SMILES string of the molecule is C#CCC(C)NC(=O)c1ccc(Cl)cc1O. The molecule has 1 aromatic rings. The number of phenols is 1. The summed E-state index contributed by atoms with van der Waals surface area (Å²) in [5, 5.41) is 12.6. The Morgan fingerprint density at radius 3 is 2.94 bits per heavy atom. The van der Waals surface area contributed by atoms with E-state index >= 15 is 0 Å². The Morgan fingerprint density at radius 2 is 2.38 bits per heavy atom. The molecule has 0 spiro atoms. The third-order valence-corrected chi connectivity index (χ3v) is 2.24. The molecule has 16 heavy (non-hydrogen) atoms. The van der Waals surface area contributed by atoms with Crippen LogP contribution in [0.3, 0.4) is 0 Å². The van der Waals surface area contributed by atoms with Crippen LogP contribution in [0.15, 0.2) is 18.2 Å². The maximum absolute atomic E-state index is 11.7. The number of halogens is 1. The van der Waals surface area contributed by atoms with Gasteiger partial charge in [0.15, 0.2) is 0 Å². The Hall–Kier alpha value is -1.66. The predicted octanol–water partition coefficient (Wildman–Crippen LogP) is 2.19. The fourth-order valence-corrected chi connectivity index (χ4v) is 1.39. The van der Waals surface area contributed by atoms with E-state index in [2.05, 4.69) is 11.2 Å². The summed E-state index contributed by atoms with van der Waals surface area (Å²) in [5.74, 6) is 1.94. The second-order valence-electron chi connectivity index (χ2n) is 3.44. The highest BCUT2D eigenvalue weighted by atomic mass is 35.5. The van der Waals surface area contributed by atoms with Gasteiger partial charge in [0.25, 0.3) is 5.91 Å². The van der Waals surface area contributed by atoms with Crippen molar-refractivity contribution in [1.29, 1.82) is 0 Å². The lowest BCUT2D eigenvalue weighted by Crippen LogP contribution is -2.32. The molecule has 0 saturated heterocycles. The Labute approximate surface area is 99.4 Å². The molecule has 2 N–H and O–H groups in total. The molecule has 0 bridgehead atoms. The van der Waals surface area contributed by atoms with Gasteiger partial charge in [-0.3, -0.25) is 4.79 Å². The number of nitrogens with one attached hydrogen (secondary N) is 1. The summed E-state index contributed by atoms with van der Waals surface area (Å²) in [7, 11) is 0. The van der Waals surface area contributed by atoms with E-state index in [-0.39, 0.29) is 23.3 Å². The van der Waals surface area contributed by atoms with Crippen LogP contribution in [0.1, 0.15) is 23.7 Å². The number of hydrogen-bond donors (Lipinski definition) is 2. The van der Waals surface area contributed by atoms with Crippen LogP contribution in [0.5, 0.6) is 5.75 Å². The molecule has 1 rings (SSSR count). The van der Waals surface area contributed by atoms with Gasteiger partial charge >= 0.3 is 0 Å². The second kappa shape index (κ2) is 5.43. The summed E-state index contributed by atoms with van der Waals surface area (Å²) in [6.07, 6.45) is 5.57. The zero-order chi connectivity index (χ0) is 12.1. The van der Waals surface area contributed by atoms with E-state index in [4.69, 9.17) is 18.0 Å². The summed E-state index contributed by atoms with van der Waals surface area (Å²) >= 11 is 5.66. The molecule has 0 aliphatic heterocycles. The molecule has 1 amide bonds. The van der Waals surface area contributed by atoms with E-state index in [1.165, 1.54) is 12.1 Å². The fourth-order valence-electron chi connectivity index (χ4n) is 1.23. The molecule has 1 aromatic carbocycles. The first kappa shape index (κ1) is 12.4. The average Bonchev–Trinajstić information content (AvgIpc) is 2.17. The second-order valence-corrected chi connectivity index (χ2v) is 3.88. The monoisotopic (exact) mass is 237 g/mol. The molecule has 0 aliphatic carbocycles. The summed E-state index contributed by atoms with van der Waals surface area (Å²) < 4.78 is 0. The van der Waals surface area contributed by atoms with Gasteiger partial charge in [0.2, 0.25) is 0 Å². The van der Waals surface area contributed by atoms with Crippen molar-refractivity contribution in [2.45, 2.75) is 19.4 Å². The first-order valence-electron chi connectivity index (χ1n) is 4.77. The van der Waals surface area contributed by atoms with E-state index in [0.29, 0.717) is 11.4 Å². The predicted molar refractivity (Wildman–Crippen MR) is 63.5 cm³/mol. The Bertz CT molecular complexity index is 437. The van der Waals surface area contributed by atoms with E-state index in [9.17, 15) is 9.90 Å². The van der Waals surface area contributed by atoms with E-state index in [1.807, 2.05) is 0 Å². The topological polar surface area (TPSA) is 49.3 Å². The summed E-state index contributed by atoms with van der Waals surface area (Å²) in [6, 6.07) is 4.20. The van der Waals surface area contributed by atoms with Crippen LogP contribution in [-0.2, 0) is 0 Å². The van der Waals surface area contributed by atoms with Crippen LogP contribution in [-0.4, -0.2) is 17.1 Å². The first-order chi connectivity index (χ1) is 7.54. The summed E-state index contributed by atoms with van der Waals surface area (Å²) in [4.78, 5) is 11.7. The van der Waals surface area contributed by atoms with Crippen LogP contribution in [0.2, 0.25) is 5.02 Å². The van der Waals surface area contributed by atoms with Gasteiger partial charge in [0.1, 0.15) is 5.75 Å². The van der Waals surface area contributed by atoms with Crippen molar-refractivity contribution in [3.8, 4) is 18.1 Å². The minimum Gasteiger partial charge on any atom is -0.507 e. The van der Waals surface area contributed by atoms with Crippen molar-refractivity contribution in [3.63, 3.8) is 0 Å². The molecular formula is C12H12ClNO2. The maximum atomic E-state index is 11.7. The molecule has 1 atom stereocenters. The van der Waals surface area contributed by atoms with Crippen molar-refractivity contribution < 1.29 is 9.90 Å². The highest BCUT2D eigenvalue weighted by molar-refractivity contribution is 6.30. The number of benzene rings is 1. The van der Waals surface area contributed by atoms with E-state index in [1.54, 1.807) is 13.0 Å². The van der Waals surface area contributed by atoms with Gasteiger partial charge in [-0.15, -0.1) is 12.3 Å². The van der Waals surface area contributed by atoms with Gasteiger partial charge in [-0.2, -0.15) is 0 Å². The van der Waals surface area contributed by atoms with Crippen molar-refractivity contribution in [1.82, 2.24) is 5.32 Å². The molecule has 0 heterocycles. The van der Waals surface area contributed by atoms with Crippen molar-refractivity contribution in [3.05, 3.63) is 28.8 Å².